The minimum Gasteiger partial charge on any atom is -0.326 e. The first-order valence-electron chi connectivity index (χ1n) is 1.46. The molecule has 0 aromatic heterocycles. The lowest BCUT2D eigenvalue weighted by atomic mass is 10.7. The molecule has 36 valence electrons. The molecule has 0 unspecified atom stereocenters. The molecule has 0 saturated carbocycles. The van der Waals surface area contributed by atoms with Gasteiger partial charge in [0.2, 0.25) is 0 Å². The van der Waals surface area contributed by atoms with Crippen molar-refractivity contribution in [3.63, 3.8) is 0 Å². The molecule has 0 bridgehead atoms. The highest BCUT2D eigenvalue weighted by Gasteiger charge is 1.77. The van der Waals surface area contributed by atoms with Gasteiger partial charge in [-0.25, -0.2) is 0 Å². The third-order valence-corrected chi connectivity index (χ3v) is 2.03. The van der Waals surface area contributed by atoms with Crippen LogP contribution in [0.4, 0.5) is 0 Å². The zero-order valence-electron chi connectivity index (χ0n) is 3.12. The third kappa shape index (κ3) is 2.87. The molecule has 0 amide bonds. The molecule has 0 spiro atoms. The van der Waals surface area contributed by atoms with E-state index in [1.807, 2.05) is 0 Å². The lowest BCUT2D eigenvalue weighted by Gasteiger charge is -1.81. The molecule has 0 radical (unpaired) electrons. The lowest BCUT2D eigenvalue weighted by molar-refractivity contribution is 1.25. The minimum absolute atomic E-state index is 0.561. The molecule has 1 nitrogen and oxygen atoms in total. The van der Waals surface area contributed by atoms with E-state index < -0.39 is 0 Å². The molecular weight excluding hydrogens is 210 g/mol. The summed E-state index contributed by atoms with van der Waals surface area (Å²) in [6.07, 6.45) is 0. The Morgan fingerprint density at radius 3 is 2.33 bits per heavy atom. The minimum atomic E-state index is 0.561. The smallest absolute Gasteiger partial charge is 0.0250 e. The molecular formula is C3H5Br2N. The van der Waals surface area contributed by atoms with E-state index in [4.69, 9.17) is 5.73 Å². The lowest BCUT2D eigenvalue weighted by Crippen LogP contribution is -1.95. The van der Waals surface area contributed by atoms with Crippen LogP contribution in [-0.2, 0) is 0 Å². The molecule has 2 N–H and O–H groups in total. The van der Waals surface area contributed by atoms with Crippen LogP contribution in [0.15, 0.2) is 9.47 Å². The summed E-state index contributed by atoms with van der Waals surface area (Å²) < 4.78 is 0.975. The summed E-state index contributed by atoms with van der Waals surface area (Å²) in [5.74, 6) is 0. The second kappa shape index (κ2) is 3.84. The topological polar surface area (TPSA) is 26.0 Å². The van der Waals surface area contributed by atoms with Crippen LogP contribution in [0.2, 0.25) is 0 Å². The zero-order valence-corrected chi connectivity index (χ0v) is 6.29. The summed E-state index contributed by atoms with van der Waals surface area (Å²) in [4.78, 5) is 1.74. The maximum absolute atomic E-state index is 5.14. The van der Waals surface area contributed by atoms with E-state index in [0.29, 0.717) is 6.54 Å². The van der Waals surface area contributed by atoms with E-state index in [-0.39, 0.29) is 0 Å². The van der Waals surface area contributed by atoms with Gasteiger partial charge in [-0.15, -0.1) is 0 Å². The summed E-state index contributed by atoms with van der Waals surface area (Å²) in [5, 5.41) is 0. The highest BCUT2D eigenvalue weighted by atomic mass is 79.9. The first-order chi connectivity index (χ1) is 2.81. The molecule has 0 fully saturated rings. The van der Waals surface area contributed by atoms with Crippen molar-refractivity contribution in [1.82, 2.24) is 0 Å². The highest BCUT2D eigenvalue weighted by molar-refractivity contribution is 9.14. The number of rotatable bonds is 1. The molecule has 0 aliphatic carbocycles. The summed E-state index contributed by atoms with van der Waals surface area (Å²) in [6, 6.07) is 0. The normalized spacial score (nSPS) is 12.2. The fraction of sp³-hybridized carbons (Fsp3) is 0.333. The van der Waals surface area contributed by atoms with Crippen molar-refractivity contribution in [1.29, 1.82) is 0 Å². The molecule has 0 atom stereocenters. The first kappa shape index (κ1) is 6.66. The van der Waals surface area contributed by atoms with Crippen molar-refractivity contribution < 1.29 is 0 Å². The standard InChI is InChI=1S/C3H5Br2N/c4-1-3(5)2-6/h1H,2,6H2/b3-1+. The Morgan fingerprint density at radius 2 is 2.33 bits per heavy atom. The summed E-state index contributed by atoms with van der Waals surface area (Å²) in [5.41, 5.74) is 5.14. The SMILES string of the molecule is NC/C(Br)=C\Br. The van der Waals surface area contributed by atoms with Crippen LogP contribution in [0, 0.1) is 0 Å². The third-order valence-electron chi connectivity index (χ3n) is 0.313. The monoisotopic (exact) mass is 213 g/mol. The van der Waals surface area contributed by atoms with Gasteiger partial charge in [0.25, 0.3) is 0 Å². The number of hydrogen-bond acceptors (Lipinski definition) is 1. The summed E-state index contributed by atoms with van der Waals surface area (Å²) in [6.45, 7) is 0.561. The second-order valence-electron chi connectivity index (χ2n) is 0.760. The first-order valence-corrected chi connectivity index (χ1v) is 3.17. The molecule has 0 aliphatic heterocycles. The average molecular weight is 215 g/mol. The molecule has 0 heterocycles. The van der Waals surface area contributed by atoms with E-state index in [9.17, 15) is 0 Å². The van der Waals surface area contributed by atoms with Gasteiger partial charge in [0.15, 0.2) is 0 Å². The van der Waals surface area contributed by atoms with Crippen molar-refractivity contribution in [3.05, 3.63) is 9.47 Å². The summed E-state index contributed by atoms with van der Waals surface area (Å²) >= 11 is 6.25. The highest BCUT2D eigenvalue weighted by Crippen LogP contribution is 2.03. The largest absolute Gasteiger partial charge is 0.326 e. The van der Waals surface area contributed by atoms with Crippen molar-refractivity contribution in [2.45, 2.75) is 0 Å². The predicted octanol–water partition coefficient (Wildman–Crippen LogP) is 1.58. The zero-order chi connectivity index (χ0) is 4.99. The van der Waals surface area contributed by atoms with Crippen molar-refractivity contribution in [3.8, 4) is 0 Å². The van der Waals surface area contributed by atoms with Crippen LogP contribution >= 0.6 is 31.9 Å². The summed E-state index contributed by atoms with van der Waals surface area (Å²) in [7, 11) is 0. The van der Waals surface area contributed by atoms with E-state index in [1.165, 1.54) is 0 Å². The molecule has 0 saturated heterocycles. The van der Waals surface area contributed by atoms with Crippen molar-refractivity contribution in [2.75, 3.05) is 6.54 Å². The van der Waals surface area contributed by atoms with Gasteiger partial charge in [-0.3, -0.25) is 0 Å². The van der Waals surface area contributed by atoms with Gasteiger partial charge in [-0.2, -0.15) is 0 Å². The number of hydrogen-bond donors (Lipinski definition) is 1. The fourth-order valence-corrected chi connectivity index (χ4v) is 0.231. The number of nitrogens with two attached hydrogens (primary N) is 1. The maximum atomic E-state index is 5.14. The average Bonchev–Trinajstić information content (AvgIpc) is 1.65. The Morgan fingerprint density at radius 1 is 1.83 bits per heavy atom. The van der Waals surface area contributed by atoms with Crippen molar-refractivity contribution >= 4 is 31.9 Å². The van der Waals surface area contributed by atoms with Crippen molar-refractivity contribution in [2.24, 2.45) is 5.73 Å². The van der Waals surface area contributed by atoms with E-state index in [1.54, 1.807) is 4.99 Å². The van der Waals surface area contributed by atoms with Crippen LogP contribution in [-0.4, -0.2) is 6.54 Å². The van der Waals surface area contributed by atoms with E-state index in [2.05, 4.69) is 31.9 Å². The maximum Gasteiger partial charge on any atom is 0.0250 e. The quantitative estimate of drug-likeness (QED) is 0.705. The van der Waals surface area contributed by atoms with E-state index >= 15 is 0 Å². The molecule has 0 aromatic carbocycles. The molecule has 0 aliphatic rings. The van der Waals surface area contributed by atoms with E-state index in [0.717, 1.165) is 4.48 Å². The number of halogens is 2. The van der Waals surface area contributed by atoms with Gasteiger partial charge in [0, 0.05) is 11.0 Å². The Labute approximate surface area is 53.9 Å². The van der Waals surface area contributed by atoms with Crippen LogP contribution in [0.5, 0.6) is 0 Å². The fourth-order valence-electron chi connectivity index (χ4n) is 0.0445. The van der Waals surface area contributed by atoms with Crippen LogP contribution in [0.1, 0.15) is 0 Å². The Balaban J connectivity index is 3.22. The van der Waals surface area contributed by atoms with Gasteiger partial charge < -0.3 is 5.73 Å². The predicted molar refractivity (Wildman–Crippen MR) is 35.0 cm³/mol. The van der Waals surface area contributed by atoms with Crippen LogP contribution < -0.4 is 5.73 Å². The van der Waals surface area contributed by atoms with Gasteiger partial charge in [-0.1, -0.05) is 31.9 Å². The Hall–Kier alpha value is 0.660. The molecule has 0 aromatic rings. The Kier molecular flexibility index (Phi) is 4.26. The second-order valence-corrected chi connectivity index (χ2v) is 2.24. The molecule has 0 rings (SSSR count). The van der Waals surface area contributed by atoms with Gasteiger partial charge >= 0.3 is 0 Å². The van der Waals surface area contributed by atoms with Crippen LogP contribution in [0.3, 0.4) is 0 Å². The molecule has 6 heavy (non-hydrogen) atoms. The van der Waals surface area contributed by atoms with Gasteiger partial charge in [0.05, 0.1) is 0 Å². The van der Waals surface area contributed by atoms with Gasteiger partial charge in [0.1, 0.15) is 0 Å². The Bertz CT molecular complexity index is 59.8. The van der Waals surface area contributed by atoms with Crippen LogP contribution in [0.25, 0.3) is 0 Å². The van der Waals surface area contributed by atoms with Gasteiger partial charge in [-0.05, 0) is 4.99 Å². The molecule has 3 heteroatoms.